The van der Waals surface area contributed by atoms with Crippen LogP contribution in [-0.2, 0) is 4.79 Å². The Morgan fingerprint density at radius 3 is 2.14 bits per heavy atom. The number of alkyl halides is 5. The zero-order valence-corrected chi connectivity index (χ0v) is 7.59. The summed E-state index contributed by atoms with van der Waals surface area (Å²) in [5, 5.41) is 0. The van der Waals surface area contributed by atoms with E-state index in [1.165, 1.54) is 0 Å². The molecule has 1 amide bonds. The second-order valence-electron chi connectivity index (χ2n) is 2.68. The Hall–Kier alpha value is -0.530. The molecule has 0 N–H and O–H groups in total. The van der Waals surface area contributed by atoms with Gasteiger partial charge in [-0.2, -0.15) is 22.0 Å². The van der Waals surface area contributed by atoms with Crippen LogP contribution in [0.2, 0.25) is 0 Å². The van der Waals surface area contributed by atoms with Crippen LogP contribution in [-0.4, -0.2) is 41.1 Å². The molecule has 2 nitrogen and oxygen atoms in total. The predicted molar refractivity (Wildman–Crippen MR) is 40.0 cm³/mol. The molecule has 8 heteroatoms. The number of halogens is 5. The van der Waals surface area contributed by atoms with Gasteiger partial charge in [0, 0.05) is 12.3 Å². The van der Waals surface area contributed by atoms with Crippen molar-refractivity contribution in [3.63, 3.8) is 0 Å². The van der Waals surface area contributed by atoms with Crippen LogP contribution in [0.25, 0.3) is 0 Å². The van der Waals surface area contributed by atoms with E-state index in [0.29, 0.717) is 10.7 Å². The van der Waals surface area contributed by atoms with E-state index in [0.717, 1.165) is 11.8 Å². The lowest BCUT2D eigenvalue weighted by Crippen LogP contribution is -2.51. The van der Waals surface area contributed by atoms with Crippen LogP contribution in [0.15, 0.2) is 0 Å². The summed E-state index contributed by atoms with van der Waals surface area (Å²) in [6.45, 7) is -0.0603. The van der Waals surface area contributed by atoms with E-state index in [2.05, 4.69) is 0 Å². The largest absolute Gasteiger partial charge is 0.463 e. The normalized spacial score (nSPS) is 18.8. The summed E-state index contributed by atoms with van der Waals surface area (Å²) in [4.78, 5) is 11.3. The summed E-state index contributed by atoms with van der Waals surface area (Å²) in [6, 6.07) is 0. The maximum Gasteiger partial charge on any atom is 0.463 e. The van der Waals surface area contributed by atoms with E-state index >= 15 is 0 Å². The summed E-state index contributed by atoms with van der Waals surface area (Å²) < 4.78 is 60.1. The number of amides is 1. The lowest BCUT2D eigenvalue weighted by molar-refractivity contribution is -0.273. The van der Waals surface area contributed by atoms with Crippen molar-refractivity contribution in [3.05, 3.63) is 0 Å². The molecule has 0 aromatic carbocycles. The highest BCUT2D eigenvalue weighted by Crippen LogP contribution is 2.37. The highest BCUT2D eigenvalue weighted by Gasteiger charge is 2.64. The third-order valence-corrected chi connectivity index (χ3v) is 2.63. The number of thioether (sulfide) groups is 1. The van der Waals surface area contributed by atoms with Crippen LogP contribution in [0.3, 0.4) is 0 Å². The maximum atomic E-state index is 12.5. The quantitative estimate of drug-likeness (QED) is 0.645. The lowest BCUT2D eigenvalue weighted by atomic mass is 10.3. The van der Waals surface area contributed by atoms with Gasteiger partial charge in [-0.1, -0.05) is 0 Å². The van der Waals surface area contributed by atoms with Crippen molar-refractivity contribution in [1.29, 1.82) is 0 Å². The summed E-state index contributed by atoms with van der Waals surface area (Å²) >= 11 is 1.14. The minimum absolute atomic E-state index is 0.0603. The number of hydrogen-bond acceptors (Lipinski definition) is 2. The molecule has 0 spiro atoms. The Balaban J connectivity index is 2.76. The molecule has 0 bridgehead atoms. The molecule has 0 saturated carbocycles. The van der Waals surface area contributed by atoms with Crippen molar-refractivity contribution in [2.45, 2.75) is 12.1 Å². The highest BCUT2D eigenvalue weighted by atomic mass is 32.2. The first-order valence-corrected chi connectivity index (χ1v) is 4.74. The Bertz CT molecular complexity index is 235. The third kappa shape index (κ3) is 1.94. The first-order chi connectivity index (χ1) is 6.27. The average molecular weight is 235 g/mol. The lowest BCUT2D eigenvalue weighted by Gasteiger charge is -2.23. The van der Waals surface area contributed by atoms with Crippen molar-refractivity contribution in [1.82, 2.24) is 4.90 Å². The maximum absolute atomic E-state index is 12.5. The Kier molecular flexibility index (Phi) is 2.93. The number of nitrogens with zero attached hydrogens (tertiary/aromatic N) is 1. The van der Waals surface area contributed by atoms with Gasteiger partial charge in [0.2, 0.25) is 0 Å². The second-order valence-corrected chi connectivity index (χ2v) is 3.75. The van der Waals surface area contributed by atoms with Crippen LogP contribution in [0.4, 0.5) is 22.0 Å². The molecule has 1 heterocycles. The van der Waals surface area contributed by atoms with Gasteiger partial charge in [-0.15, -0.1) is 11.8 Å². The van der Waals surface area contributed by atoms with E-state index in [-0.39, 0.29) is 12.4 Å². The Morgan fingerprint density at radius 2 is 1.79 bits per heavy atom. The average Bonchev–Trinajstić information content (AvgIpc) is 2.52. The van der Waals surface area contributed by atoms with Gasteiger partial charge in [-0.05, 0) is 0 Å². The van der Waals surface area contributed by atoms with Crippen molar-refractivity contribution < 1.29 is 26.7 Å². The van der Waals surface area contributed by atoms with Gasteiger partial charge in [0.1, 0.15) is 0 Å². The molecule has 0 aromatic heterocycles. The van der Waals surface area contributed by atoms with Crippen molar-refractivity contribution in [3.8, 4) is 0 Å². The van der Waals surface area contributed by atoms with Gasteiger partial charge >= 0.3 is 18.0 Å². The van der Waals surface area contributed by atoms with E-state index in [9.17, 15) is 26.7 Å². The summed E-state index contributed by atoms with van der Waals surface area (Å²) in [5.74, 6) is -7.14. The van der Waals surface area contributed by atoms with Crippen molar-refractivity contribution >= 4 is 17.7 Å². The first kappa shape index (κ1) is 11.5. The van der Waals surface area contributed by atoms with Gasteiger partial charge in [0.05, 0.1) is 5.88 Å². The SMILES string of the molecule is O=C(N1CCSC1)C(F)(F)C(F)(F)F. The predicted octanol–water partition coefficient (Wildman–Crippen LogP) is 1.72. The van der Waals surface area contributed by atoms with Crippen LogP contribution in [0.5, 0.6) is 0 Å². The van der Waals surface area contributed by atoms with E-state index in [4.69, 9.17) is 0 Å². The molecule has 14 heavy (non-hydrogen) atoms. The van der Waals surface area contributed by atoms with Gasteiger partial charge in [-0.25, -0.2) is 0 Å². The fourth-order valence-corrected chi connectivity index (χ4v) is 1.84. The zero-order chi connectivity index (χ0) is 11.0. The standard InChI is InChI=1S/C6H6F5NOS/c7-5(8,6(9,10)11)4(13)12-1-2-14-3-12/h1-3H2. The summed E-state index contributed by atoms with van der Waals surface area (Å²) in [5.41, 5.74) is 0. The highest BCUT2D eigenvalue weighted by molar-refractivity contribution is 7.99. The number of hydrogen-bond donors (Lipinski definition) is 0. The molecule has 0 aromatic rings. The zero-order valence-electron chi connectivity index (χ0n) is 6.77. The van der Waals surface area contributed by atoms with Crippen LogP contribution >= 0.6 is 11.8 Å². The first-order valence-electron chi connectivity index (χ1n) is 3.58. The van der Waals surface area contributed by atoms with E-state index in [1.54, 1.807) is 0 Å². The van der Waals surface area contributed by atoms with Crippen LogP contribution < -0.4 is 0 Å². The smallest absolute Gasteiger partial charge is 0.327 e. The molecular weight excluding hydrogens is 229 g/mol. The monoisotopic (exact) mass is 235 g/mol. The molecule has 1 rings (SSSR count). The van der Waals surface area contributed by atoms with Crippen molar-refractivity contribution in [2.24, 2.45) is 0 Å². The topological polar surface area (TPSA) is 20.3 Å². The van der Waals surface area contributed by atoms with E-state index in [1.807, 2.05) is 0 Å². The third-order valence-electron chi connectivity index (χ3n) is 1.66. The van der Waals surface area contributed by atoms with Gasteiger partial charge in [0.25, 0.3) is 0 Å². The van der Waals surface area contributed by atoms with Gasteiger partial charge in [-0.3, -0.25) is 4.79 Å². The molecule has 0 unspecified atom stereocenters. The summed E-state index contributed by atoms with van der Waals surface area (Å²) in [7, 11) is 0. The summed E-state index contributed by atoms with van der Waals surface area (Å²) in [6.07, 6.45) is -5.81. The Morgan fingerprint density at radius 1 is 1.21 bits per heavy atom. The fraction of sp³-hybridized carbons (Fsp3) is 0.833. The minimum Gasteiger partial charge on any atom is -0.327 e. The van der Waals surface area contributed by atoms with Crippen molar-refractivity contribution in [2.75, 3.05) is 18.2 Å². The fourth-order valence-electron chi connectivity index (χ4n) is 0.894. The molecule has 0 radical (unpaired) electrons. The van der Waals surface area contributed by atoms with Gasteiger partial charge in [0.15, 0.2) is 0 Å². The minimum atomic E-state index is -5.81. The Labute approximate surface area is 80.4 Å². The molecule has 1 saturated heterocycles. The van der Waals surface area contributed by atoms with Gasteiger partial charge < -0.3 is 4.90 Å². The molecule has 0 aliphatic carbocycles. The second kappa shape index (κ2) is 3.56. The van der Waals surface area contributed by atoms with Crippen LogP contribution in [0.1, 0.15) is 0 Å². The molecule has 0 atom stereocenters. The number of rotatable bonds is 1. The molecule has 82 valence electrons. The number of carbonyl (C=O) groups excluding carboxylic acids is 1. The molecular formula is C6H6F5NOS. The molecule has 1 aliphatic rings. The number of carbonyl (C=O) groups is 1. The van der Waals surface area contributed by atoms with Crippen LogP contribution in [0, 0.1) is 0 Å². The molecule has 1 fully saturated rings. The van der Waals surface area contributed by atoms with E-state index < -0.39 is 18.0 Å². The molecule has 1 aliphatic heterocycles.